The van der Waals surface area contributed by atoms with Crippen molar-refractivity contribution >= 4 is 11.6 Å². The van der Waals surface area contributed by atoms with Gasteiger partial charge in [0, 0.05) is 25.0 Å². The molecule has 23 heavy (non-hydrogen) atoms. The van der Waals surface area contributed by atoms with Gasteiger partial charge >= 0.3 is 0 Å². The molecule has 6 heteroatoms. The van der Waals surface area contributed by atoms with Gasteiger partial charge in [0.2, 0.25) is 0 Å². The number of aliphatic hydroxyl groups is 1. The molecule has 0 aliphatic heterocycles. The molecule has 0 aromatic carbocycles. The van der Waals surface area contributed by atoms with Gasteiger partial charge in [-0.25, -0.2) is 9.50 Å². The standard InChI is InChI=1S/C17H24N4O2/c1-11-9-12(2)21-15(18-11)14(13(3)19-21)16(22)20(4)10-17(23)7-5-6-8-17/h9,23H,5-8,10H2,1-4H3. The van der Waals surface area contributed by atoms with Crippen molar-refractivity contribution in [2.24, 2.45) is 0 Å². The fourth-order valence-corrected chi connectivity index (χ4v) is 3.57. The van der Waals surface area contributed by atoms with E-state index in [1.807, 2.05) is 26.8 Å². The van der Waals surface area contributed by atoms with Crippen molar-refractivity contribution in [2.45, 2.75) is 52.1 Å². The van der Waals surface area contributed by atoms with Gasteiger partial charge in [0.1, 0.15) is 5.56 Å². The molecule has 3 rings (SSSR count). The average Bonchev–Trinajstić information content (AvgIpc) is 3.02. The molecule has 0 bridgehead atoms. The minimum absolute atomic E-state index is 0.129. The second-order valence-corrected chi connectivity index (χ2v) is 6.83. The topological polar surface area (TPSA) is 70.7 Å². The Morgan fingerprint density at radius 3 is 2.65 bits per heavy atom. The Bertz CT molecular complexity index is 760. The summed E-state index contributed by atoms with van der Waals surface area (Å²) in [6.45, 7) is 6.05. The molecule has 0 atom stereocenters. The molecule has 1 saturated carbocycles. The van der Waals surface area contributed by atoms with Crippen LogP contribution in [0, 0.1) is 20.8 Å². The molecule has 1 fully saturated rings. The third-order valence-corrected chi connectivity index (χ3v) is 4.70. The van der Waals surface area contributed by atoms with E-state index < -0.39 is 5.60 Å². The molecule has 1 amide bonds. The third kappa shape index (κ3) is 2.83. The molecule has 2 aromatic heterocycles. The van der Waals surface area contributed by atoms with Crippen molar-refractivity contribution in [1.82, 2.24) is 19.5 Å². The summed E-state index contributed by atoms with van der Waals surface area (Å²) in [5.41, 5.74) is 2.85. The van der Waals surface area contributed by atoms with Gasteiger partial charge in [0.15, 0.2) is 5.65 Å². The first kappa shape index (κ1) is 15.9. The van der Waals surface area contributed by atoms with Crippen molar-refractivity contribution in [2.75, 3.05) is 13.6 Å². The lowest BCUT2D eigenvalue weighted by Crippen LogP contribution is -2.42. The van der Waals surface area contributed by atoms with Gasteiger partial charge in [-0.15, -0.1) is 0 Å². The zero-order valence-corrected chi connectivity index (χ0v) is 14.3. The summed E-state index contributed by atoms with van der Waals surface area (Å²) in [4.78, 5) is 19.0. The van der Waals surface area contributed by atoms with Crippen LogP contribution < -0.4 is 0 Å². The van der Waals surface area contributed by atoms with Crippen LogP contribution in [0.4, 0.5) is 0 Å². The summed E-state index contributed by atoms with van der Waals surface area (Å²) < 4.78 is 1.72. The number of rotatable bonds is 3. The van der Waals surface area contributed by atoms with Gasteiger partial charge in [-0.2, -0.15) is 5.10 Å². The van der Waals surface area contributed by atoms with Crippen LogP contribution in [0.25, 0.3) is 5.65 Å². The first-order valence-electron chi connectivity index (χ1n) is 8.12. The van der Waals surface area contributed by atoms with Crippen LogP contribution in [0.5, 0.6) is 0 Å². The summed E-state index contributed by atoms with van der Waals surface area (Å²) in [6.07, 6.45) is 3.56. The summed E-state index contributed by atoms with van der Waals surface area (Å²) >= 11 is 0. The molecule has 1 N–H and O–H groups in total. The minimum Gasteiger partial charge on any atom is -0.388 e. The maximum Gasteiger partial charge on any atom is 0.259 e. The van der Waals surface area contributed by atoms with Gasteiger partial charge in [0.25, 0.3) is 5.91 Å². The molecule has 2 aromatic rings. The minimum atomic E-state index is -0.749. The van der Waals surface area contributed by atoms with E-state index in [0.29, 0.717) is 23.4 Å². The lowest BCUT2D eigenvalue weighted by molar-refractivity contribution is 0.0157. The molecule has 0 unspecified atom stereocenters. The highest BCUT2D eigenvalue weighted by Gasteiger charge is 2.34. The van der Waals surface area contributed by atoms with Gasteiger partial charge in [0.05, 0.1) is 11.3 Å². The highest BCUT2D eigenvalue weighted by Crippen LogP contribution is 2.30. The van der Waals surface area contributed by atoms with E-state index in [1.54, 1.807) is 16.5 Å². The smallest absolute Gasteiger partial charge is 0.259 e. The first-order valence-corrected chi connectivity index (χ1v) is 8.12. The van der Waals surface area contributed by atoms with Gasteiger partial charge in [-0.3, -0.25) is 4.79 Å². The maximum atomic E-state index is 12.9. The fraction of sp³-hybridized carbons (Fsp3) is 0.588. The number of aryl methyl sites for hydroxylation is 3. The highest BCUT2D eigenvalue weighted by atomic mass is 16.3. The molecule has 0 saturated heterocycles. The highest BCUT2D eigenvalue weighted by molar-refractivity contribution is 6.01. The number of fused-ring (bicyclic) bond motifs is 1. The fourth-order valence-electron chi connectivity index (χ4n) is 3.57. The Hall–Kier alpha value is -1.95. The first-order chi connectivity index (χ1) is 10.8. The van der Waals surface area contributed by atoms with E-state index >= 15 is 0 Å². The van der Waals surface area contributed by atoms with Gasteiger partial charge in [-0.05, 0) is 39.7 Å². The number of hydrogen-bond acceptors (Lipinski definition) is 4. The van der Waals surface area contributed by atoms with Crippen molar-refractivity contribution in [3.63, 3.8) is 0 Å². The van der Waals surface area contributed by atoms with Crippen LogP contribution in [-0.4, -0.2) is 49.7 Å². The molecular weight excluding hydrogens is 292 g/mol. The van der Waals surface area contributed by atoms with Crippen molar-refractivity contribution < 1.29 is 9.90 Å². The van der Waals surface area contributed by atoms with Crippen LogP contribution >= 0.6 is 0 Å². The predicted octanol–water partition coefficient (Wildman–Crippen LogP) is 2.03. The van der Waals surface area contributed by atoms with Crippen LogP contribution in [-0.2, 0) is 0 Å². The monoisotopic (exact) mass is 316 g/mol. The number of nitrogens with zero attached hydrogens (tertiary/aromatic N) is 4. The molecule has 1 aliphatic carbocycles. The Morgan fingerprint density at radius 1 is 1.35 bits per heavy atom. The summed E-state index contributed by atoms with van der Waals surface area (Å²) in [5, 5.41) is 15.0. The molecule has 1 aliphatic rings. The largest absolute Gasteiger partial charge is 0.388 e. The summed E-state index contributed by atoms with van der Waals surface area (Å²) in [5.74, 6) is -0.129. The normalized spacial score (nSPS) is 16.9. The number of carbonyl (C=O) groups excluding carboxylic acids is 1. The number of carbonyl (C=O) groups is 1. The Kier molecular flexibility index (Phi) is 3.88. The van der Waals surface area contributed by atoms with E-state index in [1.165, 1.54) is 0 Å². The summed E-state index contributed by atoms with van der Waals surface area (Å²) in [7, 11) is 1.74. The van der Waals surface area contributed by atoms with Gasteiger partial charge < -0.3 is 10.0 Å². The zero-order chi connectivity index (χ0) is 16.8. The quantitative estimate of drug-likeness (QED) is 0.940. The van der Waals surface area contributed by atoms with E-state index in [0.717, 1.165) is 37.1 Å². The average molecular weight is 316 g/mol. The third-order valence-electron chi connectivity index (χ3n) is 4.70. The van der Waals surface area contributed by atoms with E-state index in [9.17, 15) is 9.90 Å². The lowest BCUT2D eigenvalue weighted by Gasteiger charge is -2.28. The lowest BCUT2D eigenvalue weighted by atomic mass is 10.0. The van der Waals surface area contributed by atoms with Crippen LogP contribution in [0.1, 0.15) is 53.1 Å². The molecule has 124 valence electrons. The second kappa shape index (κ2) is 5.60. The maximum absolute atomic E-state index is 12.9. The molecule has 0 radical (unpaired) electrons. The van der Waals surface area contributed by atoms with Gasteiger partial charge in [-0.1, -0.05) is 12.8 Å². The van der Waals surface area contributed by atoms with Crippen LogP contribution in [0.3, 0.4) is 0 Å². The predicted molar refractivity (Wildman–Crippen MR) is 87.6 cm³/mol. The van der Waals surface area contributed by atoms with Crippen LogP contribution in [0.15, 0.2) is 6.07 Å². The second-order valence-electron chi connectivity index (χ2n) is 6.83. The van der Waals surface area contributed by atoms with E-state index in [2.05, 4.69) is 10.1 Å². The van der Waals surface area contributed by atoms with Crippen molar-refractivity contribution in [3.8, 4) is 0 Å². The molecule has 0 spiro atoms. The van der Waals surface area contributed by atoms with Crippen molar-refractivity contribution in [3.05, 3.63) is 28.7 Å². The molecule has 2 heterocycles. The molecule has 6 nitrogen and oxygen atoms in total. The number of amides is 1. The van der Waals surface area contributed by atoms with E-state index in [-0.39, 0.29) is 5.91 Å². The Balaban J connectivity index is 1.96. The number of hydrogen-bond donors (Lipinski definition) is 1. The number of aromatic nitrogens is 3. The van der Waals surface area contributed by atoms with E-state index in [4.69, 9.17) is 0 Å². The zero-order valence-electron chi connectivity index (χ0n) is 14.3. The molecular formula is C17H24N4O2. The number of likely N-dealkylation sites (N-methyl/N-ethyl adjacent to an activating group) is 1. The van der Waals surface area contributed by atoms with Crippen molar-refractivity contribution in [1.29, 1.82) is 0 Å². The SMILES string of the molecule is Cc1cc(C)n2nc(C)c(C(=O)N(C)CC3(O)CCCC3)c2n1. The Labute approximate surface area is 136 Å². The Morgan fingerprint density at radius 2 is 2.00 bits per heavy atom. The summed E-state index contributed by atoms with van der Waals surface area (Å²) in [6, 6.07) is 1.94. The van der Waals surface area contributed by atoms with Crippen LogP contribution in [0.2, 0.25) is 0 Å².